The van der Waals surface area contributed by atoms with E-state index in [2.05, 4.69) is 29.4 Å². The zero-order valence-corrected chi connectivity index (χ0v) is 12.2. The number of hydrogen-bond acceptors (Lipinski definition) is 4. The highest BCUT2D eigenvalue weighted by Gasteiger charge is 2.17. The fourth-order valence-electron chi connectivity index (χ4n) is 2.92. The van der Waals surface area contributed by atoms with Crippen molar-refractivity contribution in [3.8, 4) is 5.75 Å². The number of rotatable bonds is 4. The summed E-state index contributed by atoms with van der Waals surface area (Å²) in [6.07, 6.45) is 2.51. The average molecular weight is 274 g/mol. The van der Waals surface area contributed by atoms with Crippen LogP contribution in [0.25, 0.3) is 11.0 Å². The second-order valence-corrected chi connectivity index (χ2v) is 5.57. The van der Waals surface area contributed by atoms with Gasteiger partial charge in [-0.3, -0.25) is 0 Å². The van der Waals surface area contributed by atoms with E-state index in [1.54, 1.807) is 7.11 Å². The molecule has 1 aliphatic heterocycles. The molecular weight excluding hydrogens is 252 g/mol. The van der Waals surface area contributed by atoms with E-state index in [4.69, 9.17) is 9.15 Å². The van der Waals surface area contributed by atoms with Gasteiger partial charge in [-0.15, -0.1) is 0 Å². The van der Waals surface area contributed by atoms with E-state index in [1.165, 1.54) is 19.4 Å². The summed E-state index contributed by atoms with van der Waals surface area (Å²) in [5.74, 6) is 1.77. The summed E-state index contributed by atoms with van der Waals surface area (Å²) in [6.45, 7) is 3.10. The van der Waals surface area contributed by atoms with E-state index in [1.807, 2.05) is 12.1 Å². The molecule has 4 heteroatoms. The average Bonchev–Trinajstić information content (AvgIpc) is 2.88. The number of hydrogen-bond donors (Lipinski definition) is 1. The third-order valence-electron chi connectivity index (χ3n) is 3.97. The Morgan fingerprint density at radius 1 is 1.45 bits per heavy atom. The van der Waals surface area contributed by atoms with E-state index >= 15 is 0 Å². The van der Waals surface area contributed by atoms with Crippen molar-refractivity contribution in [1.29, 1.82) is 0 Å². The predicted molar refractivity (Wildman–Crippen MR) is 80.1 cm³/mol. The third-order valence-corrected chi connectivity index (χ3v) is 3.97. The summed E-state index contributed by atoms with van der Waals surface area (Å²) in [7, 11) is 3.85. The highest BCUT2D eigenvalue weighted by Crippen LogP contribution is 2.28. The molecule has 1 N–H and O–H groups in total. The number of piperidine rings is 1. The largest absolute Gasteiger partial charge is 0.493 e. The number of likely N-dealkylation sites (N-methyl/N-ethyl adjacent to an activating group) is 1. The van der Waals surface area contributed by atoms with Gasteiger partial charge in [-0.25, -0.2) is 0 Å². The Morgan fingerprint density at radius 2 is 2.35 bits per heavy atom. The maximum absolute atomic E-state index is 5.91. The molecular formula is C16H22N2O2. The smallest absolute Gasteiger partial charge is 0.176 e. The molecule has 0 radical (unpaired) electrons. The molecule has 2 heterocycles. The van der Waals surface area contributed by atoms with Crippen LogP contribution >= 0.6 is 0 Å². The third kappa shape index (κ3) is 2.81. The van der Waals surface area contributed by atoms with E-state index in [9.17, 15) is 0 Å². The van der Waals surface area contributed by atoms with Crippen molar-refractivity contribution in [2.75, 3.05) is 27.2 Å². The van der Waals surface area contributed by atoms with Gasteiger partial charge in [0.05, 0.1) is 13.7 Å². The molecule has 4 nitrogen and oxygen atoms in total. The first kappa shape index (κ1) is 13.5. The number of ether oxygens (including phenoxy) is 1. The Kier molecular flexibility index (Phi) is 3.94. The summed E-state index contributed by atoms with van der Waals surface area (Å²) in [4.78, 5) is 2.38. The first-order valence-electron chi connectivity index (χ1n) is 7.23. The molecule has 3 rings (SSSR count). The summed E-state index contributed by atoms with van der Waals surface area (Å²) in [6, 6.07) is 8.63. The van der Waals surface area contributed by atoms with Gasteiger partial charge >= 0.3 is 0 Å². The molecule has 1 unspecified atom stereocenters. The van der Waals surface area contributed by atoms with E-state index in [0.717, 1.165) is 35.6 Å². The fraction of sp³-hybridized carbons (Fsp3) is 0.500. The molecule has 0 bridgehead atoms. The monoisotopic (exact) mass is 274 g/mol. The van der Waals surface area contributed by atoms with Crippen LogP contribution in [0.4, 0.5) is 0 Å². The lowest BCUT2D eigenvalue weighted by atomic mass is 10.1. The second kappa shape index (κ2) is 5.85. The number of nitrogens with zero attached hydrogens (tertiary/aromatic N) is 1. The van der Waals surface area contributed by atoms with Crippen LogP contribution in [0.15, 0.2) is 28.7 Å². The standard InChI is InChI=1S/C16H22N2O2/c1-18-8-4-6-13(11-18)17-10-14-9-12-5-3-7-15(19-2)16(12)20-14/h3,5,7,9,13,17H,4,6,8,10-11H2,1-2H3. The summed E-state index contributed by atoms with van der Waals surface area (Å²) < 4.78 is 11.2. The van der Waals surface area contributed by atoms with Gasteiger partial charge in [-0.05, 0) is 38.6 Å². The van der Waals surface area contributed by atoms with Crippen molar-refractivity contribution in [1.82, 2.24) is 10.2 Å². The topological polar surface area (TPSA) is 37.6 Å². The van der Waals surface area contributed by atoms with Crippen LogP contribution < -0.4 is 10.1 Å². The molecule has 1 aliphatic rings. The van der Waals surface area contributed by atoms with Crippen LogP contribution in [0.1, 0.15) is 18.6 Å². The second-order valence-electron chi connectivity index (χ2n) is 5.57. The van der Waals surface area contributed by atoms with Crippen LogP contribution in [0, 0.1) is 0 Å². The lowest BCUT2D eigenvalue weighted by molar-refractivity contribution is 0.224. The first-order chi connectivity index (χ1) is 9.76. The van der Waals surface area contributed by atoms with Gasteiger partial charge < -0.3 is 19.4 Å². The van der Waals surface area contributed by atoms with Gasteiger partial charge in [-0.1, -0.05) is 12.1 Å². The molecule has 2 aromatic rings. The number of para-hydroxylation sites is 1. The molecule has 0 saturated carbocycles. The predicted octanol–water partition coefficient (Wildman–Crippen LogP) is 2.63. The number of methoxy groups -OCH3 is 1. The minimum Gasteiger partial charge on any atom is -0.493 e. The molecule has 20 heavy (non-hydrogen) atoms. The molecule has 1 fully saturated rings. The Bertz CT molecular complexity index is 579. The van der Waals surface area contributed by atoms with Crippen molar-refractivity contribution in [2.24, 2.45) is 0 Å². The van der Waals surface area contributed by atoms with Crippen molar-refractivity contribution in [3.05, 3.63) is 30.0 Å². The van der Waals surface area contributed by atoms with Gasteiger partial charge in [0.2, 0.25) is 0 Å². The van der Waals surface area contributed by atoms with Crippen LogP contribution in [0.3, 0.4) is 0 Å². The quantitative estimate of drug-likeness (QED) is 0.930. The lowest BCUT2D eigenvalue weighted by Crippen LogP contribution is -2.43. The van der Waals surface area contributed by atoms with Gasteiger partial charge in [-0.2, -0.15) is 0 Å². The van der Waals surface area contributed by atoms with Gasteiger partial charge in [0.15, 0.2) is 11.3 Å². The number of benzene rings is 1. The minimum absolute atomic E-state index is 0.559. The molecule has 1 atom stereocenters. The Hall–Kier alpha value is -1.52. The van der Waals surface area contributed by atoms with E-state index < -0.39 is 0 Å². The zero-order valence-electron chi connectivity index (χ0n) is 12.2. The SMILES string of the molecule is COc1cccc2cc(CNC3CCCN(C)C3)oc12. The van der Waals surface area contributed by atoms with E-state index in [0.29, 0.717) is 6.04 Å². The first-order valence-corrected chi connectivity index (χ1v) is 7.23. The normalized spacial score (nSPS) is 20.4. The minimum atomic E-state index is 0.559. The van der Waals surface area contributed by atoms with Gasteiger partial charge in [0.25, 0.3) is 0 Å². The highest BCUT2D eigenvalue weighted by molar-refractivity contribution is 5.83. The number of likely N-dealkylation sites (tertiary alicyclic amines) is 1. The Morgan fingerprint density at radius 3 is 3.15 bits per heavy atom. The van der Waals surface area contributed by atoms with Crippen LogP contribution in [-0.2, 0) is 6.54 Å². The Balaban J connectivity index is 1.68. The molecule has 108 valence electrons. The molecule has 0 aliphatic carbocycles. The van der Waals surface area contributed by atoms with Crippen LogP contribution in [0.5, 0.6) is 5.75 Å². The van der Waals surface area contributed by atoms with Gasteiger partial charge in [0.1, 0.15) is 5.76 Å². The number of furan rings is 1. The van der Waals surface area contributed by atoms with Crippen LogP contribution in [0.2, 0.25) is 0 Å². The zero-order chi connectivity index (χ0) is 13.9. The van der Waals surface area contributed by atoms with Crippen molar-refractivity contribution < 1.29 is 9.15 Å². The van der Waals surface area contributed by atoms with Crippen LogP contribution in [-0.4, -0.2) is 38.2 Å². The molecule has 0 amide bonds. The lowest BCUT2D eigenvalue weighted by Gasteiger charge is -2.30. The summed E-state index contributed by atoms with van der Waals surface area (Å²) >= 11 is 0. The number of fused-ring (bicyclic) bond motifs is 1. The van der Waals surface area contributed by atoms with E-state index in [-0.39, 0.29) is 0 Å². The molecule has 0 spiro atoms. The molecule has 1 aromatic carbocycles. The summed E-state index contributed by atoms with van der Waals surface area (Å²) in [5.41, 5.74) is 0.840. The maximum Gasteiger partial charge on any atom is 0.176 e. The van der Waals surface area contributed by atoms with Gasteiger partial charge in [0, 0.05) is 18.0 Å². The Labute approximate surface area is 119 Å². The highest BCUT2D eigenvalue weighted by atomic mass is 16.5. The fourth-order valence-corrected chi connectivity index (χ4v) is 2.92. The maximum atomic E-state index is 5.91. The summed E-state index contributed by atoms with van der Waals surface area (Å²) in [5, 5.41) is 4.69. The van der Waals surface area contributed by atoms with Crippen molar-refractivity contribution in [2.45, 2.75) is 25.4 Å². The number of nitrogens with one attached hydrogen (secondary N) is 1. The molecule has 1 saturated heterocycles. The van der Waals surface area contributed by atoms with Crippen molar-refractivity contribution >= 4 is 11.0 Å². The molecule has 1 aromatic heterocycles. The van der Waals surface area contributed by atoms with Crippen molar-refractivity contribution in [3.63, 3.8) is 0 Å².